The largest absolute Gasteiger partial charge is 0.508 e. The van der Waals surface area contributed by atoms with Gasteiger partial charge in [-0.05, 0) is 30.3 Å². The van der Waals surface area contributed by atoms with E-state index >= 15 is 0 Å². The van der Waals surface area contributed by atoms with E-state index in [0.717, 1.165) is 23.5 Å². The molecule has 2 aromatic heterocycles. The Hall–Kier alpha value is -2.43. The van der Waals surface area contributed by atoms with Crippen LogP contribution >= 0.6 is 0 Å². The number of phenolic OH excluding ortho intramolecular Hbond substituents is 1. The average Bonchev–Trinajstić information content (AvgIpc) is 2.82. The highest BCUT2D eigenvalue weighted by atomic mass is 16.3. The summed E-state index contributed by atoms with van der Waals surface area (Å²) in [4.78, 5) is 8.52. The molecule has 3 rings (SSSR count). The first-order valence-corrected chi connectivity index (χ1v) is 5.78. The highest BCUT2D eigenvalue weighted by Crippen LogP contribution is 2.21. The van der Waals surface area contributed by atoms with Crippen LogP contribution in [0.25, 0.3) is 17.0 Å². The van der Waals surface area contributed by atoms with Gasteiger partial charge < -0.3 is 5.11 Å². The zero-order chi connectivity index (χ0) is 12.5. The highest BCUT2D eigenvalue weighted by Gasteiger charge is 2.08. The molecular formula is C13H12N4O. The van der Waals surface area contributed by atoms with Crippen LogP contribution in [-0.4, -0.2) is 24.7 Å². The van der Waals surface area contributed by atoms with Gasteiger partial charge in [0.25, 0.3) is 5.78 Å². The van der Waals surface area contributed by atoms with Gasteiger partial charge in [0, 0.05) is 18.2 Å². The van der Waals surface area contributed by atoms with Crippen molar-refractivity contribution in [3.05, 3.63) is 42.4 Å². The summed E-state index contributed by atoms with van der Waals surface area (Å²) in [7, 11) is 0. The summed E-state index contributed by atoms with van der Waals surface area (Å²) in [5.41, 5.74) is 1.87. The van der Waals surface area contributed by atoms with Gasteiger partial charge in [0.15, 0.2) is 5.82 Å². The van der Waals surface area contributed by atoms with Crippen LogP contribution in [0.3, 0.4) is 0 Å². The summed E-state index contributed by atoms with van der Waals surface area (Å²) in [6, 6.07) is 8.88. The second kappa shape index (κ2) is 4.10. The molecule has 0 atom stereocenters. The average molecular weight is 240 g/mol. The summed E-state index contributed by atoms with van der Waals surface area (Å²) < 4.78 is 1.73. The van der Waals surface area contributed by atoms with Gasteiger partial charge in [-0.25, -0.2) is 4.98 Å². The van der Waals surface area contributed by atoms with Gasteiger partial charge >= 0.3 is 0 Å². The number of aryl methyl sites for hydroxylation is 1. The molecule has 0 fully saturated rings. The van der Waals surface area contributed by atoms with Gasteiger partial charge in [-0.2, -0.15) is 9.50 Å². The van der Waals surface area contributed by atoms with E-state index in [9.17, 15) is 5.11 Å². The molecule has 0 unspecified atom stereocenters. The van der Waals surface area contributed by atoms with Crippen LogP contribution in [0.1, 0.15) is 12.7 Å². The first-order chi connectivity index (χ1) is 8.78. The van der Waals surface area contributed by atoms with Crippen molar-refractivity contribution in [2.24, 2.45) is 0 Å². The summed E-state index contributed by atoms with van der Waals surface area (Å²) in [5, 5.41) is 13.7. The summed E-state index contributed by atoms with van der Waals surface area (Å²) in [6.45, 7) is 2.01. The Kier molecular flexibility index (Phi) is 2.44. The third kappa shape index (κ3) is 1.69. The van der Waals surface area contributed by atoms with Gasteiger partial charge in [0.2, 0.25) is 0 Å². The number of hydrogen-bond acceptors (Lipinski definition) is 4. The predicted octanol–water partition coefficient (Wildman–Crippen LogP) is 2.06. The zero-order valence-corrected chi connectivity index (χ0v) is 9.91. The molecule has 0 amide bonds. The number of aromatic hydroxyl groups is 1. The minimum Gasteiger partial charge on any atom is -0.508 e. The Balaban J connectivity index is 2.22. The lowest BCUT2D eigenvalue weighted by atomic mass is 10.1. The molecule has 0 saturated carbocycles. The van der Waals surface area contributed by atoms with Crippen molar-refractivity contribution >= 4 is 5.78 Å². The van der Waals surface area contributed by atoms with Crippen LogP contribution in [0, 0.1) is 0 Å². The monoisotopic (exact) mass is 240 g/mol. The lowest BCUT2D eigenvalue weighted by molar-refractivity contribution is 0.475. The van der Waals surface area contributed by atoms with E-state index < -0.39 is 0 Å². The van der Waals surface area contributed by atoms with E-state index in [2.05, 4.69) is 15.1 Å². The Labute approximate surface area is 104 Å². The standard InChI is InChI=1S/C13H12N4O/c1-2-12-15-13-14-8-7-11(17(13)16-12)9-3-5-10(18)6-4-9/h3-8,18H,2H2,1H3. The van der Waals surface area contributed by atoms with Crippen molar-refractivity contribution in [3.8, 4) is 17.0 Å². The molecule has 2 heterocycles. The maximum atomic E-state index is 9.31. The Morgan fingerprint density at radius 1 is 1.17 bits per heavy atom. The molecular weight excluding hydrogens is 228 g/mol. The summed E-state index contributed by atoms with van der Waals surface area (Å²) >= 11 is 0. The van der Waals surface area contributed by atoms with E-state index in [-0.39, 0.29) is 5.75 Å². The van der Waals surface area contributed by atoms with Crippen LogP contribution in [0.2, 0.25) is 0 Å². The fourth-order valence-electron chi connectivity index (χ4n) is 1.84. The maximum absolute atomic E-state index is 9.31. The Bertz CT molecular complexity index is 688. The van der Waals surface area contributed by atoms with Crippen LogP contribution in [0.15, 0.2) is 36.5 Å². The number of rotatable bonds is 2. The number of benzene rings is 1. The van der Waals surface area contributed by atoms with Crippen molar-refractivity contribution in [2.45, 2.75) is 13.3 Å². The third-order valence-electron chi connectivity index (χ3n) is 2.76. The molecule has 3 aromatic rings. The van der Waals surface area contributed by atoms with E-state index in [1.165, 1.54) is 0 Å². The van der Waals surface area contributed by atoms with Gasteiger partial charge in [-0.1, -0.05) is 6.92 Å². The van der Waals surface area contributed by atoms with Crippen molar-refractivity contribution in [1.82, 2.24) is 19.6 Å². The number of hydrogen-bond donors (Lipinski definition) is 1. The quantitative estimate of drug-likeness (QED) is 0.744. The highest BCUT2D eigenvalue weighted by molar-refractivity contribution is 5.62. The van der Waals surface area contributed by atoms with Crippen LogP contribution in [-0.2, 0) is 6.42 Å². The minimum atomic E-state index is 0.247. The second-order valence-electron chi connectivity index (χ2n) is 3.97. The topological polar surface area (TPSA) is 63.3 Å². The third-order valence-corrected chi connectivity index (χ3v) is 2.76. The second-order valence-corrected chi connectivity index (χ2v) is 3.97. The zero-order valence-electron chi connectivity index (χ0n) is 9.91. The van der Waals surface area contributed by atoms with Gasteiger partial charge in [-0.15, -0.1) is 5.10 Å². The van der Waals surface area contributed by atoms with E-state index in [4.69, 9.17) is 0 Å². The van der Waals surface area contributed by atoms with Gasteiger partial charge in [-0.3, -0.25) is 0 Å². The Morgan fingerprint density at radius 3 is 2.67 bits per heavy atom. The van der Waals surface area contributed by atoms with E-state index in [0.29, 0.717) is 5.78 Å². The normalized spacial score (nSPS) is 10.9. The fraction of sp³-hybridized carbons (Fsp3) is 0.154. The lowest BCUT2D eigenvalue weighted by Gasteiger charge is -2.03. The number of phenols is 1. The molecule has 0 spiro atoms. The molecule has 1 N–H and O–H groups in total. The van der Waals surface area contributed by atoms with Gasteiger partial charge in [0.1, 0.15) is 5.75 Å². The molecule has 0 aliphatic carbocycles. The smallest absolute Gasteiger partial charge is 0.252 e. The lowest BCUT2D eigenvalue weighted by Crippen LogP contribution is -1.95. The number of aromatic nitrogens is 4. The van der Waals surface area contributed by atoms with Crippen molar-refractivity contribution in [2.75, 3.05) is 0 Å². The summed E-state index contributed by atoms with van der Waals surface area (Å²) in [6.07, 6.45) is 2.49. The SMILES string of the molecule is CCc1nc2nccc(-c3ccc(O)cc3)n2n1. The maximum Gasteiger partial charge on any atom is 0.252 e. The van der Waals surface area contributed by atoms with Gasteiger partial charge in [0.05, 0.1) is 5.69 Å². The molecule has 1 aromatic carbocycles. The fourth-order valence-corrected chi connectivity index (χ4v) is 1.84. The Morgan fingerprint density at radius 2 is 1.94 bits per heavy atom. The van der Waals surface area contributed by atoms with Crippen LogP contribution in [0.4, 0.5) is 0 Å². The molecule has 5 nitrogen and oxygen atoms in total. The van der Waals surface area contributed by atoms with Crippen molar-refractivity contribution in [1.29, 1.82) is 0 Å². The van der Waals surface area contributed by atoms with Crippen LogP contribution in [0.5, 0.6) is 5.75 Å². The molecule has 0 radical (unpaired) electrons. The molecule has 0 bridgehead atoms. The van der Waals surface area contributed by atoms with Crippen molar-refractivity contribution in [3.63, 3.8) is 0 Å². The minimum absolute atomic E-state index is 0.247. The molecule has 18 heavy (non-hydrogen) atoms. The van der Waals surface area contributed by atoms with E-state index in [1.54, 1.807) is 22.8 Å². The summed E-state index contributed by atoms with van der Waals surface area (Å²) in [5.74, 6) is 1.61. The van der Waals surface area contributed by atoms with Crippen molar-refractivity contribution < 1.29 is 5.11 Å². The van der Waals surface area contributed by atoms with E-state index in [1.807, 2.05) is 25.1 Å². The molecule has 0 saturated heterocycles. The predicted molar refractivity (Wildman–Crippen MR) is 67.3 cm³/mol. The molecule has 5 heteroatoms. The molecule has 90 valence electrons. The molecule has 0 aliphatic rings. The number of nitrogens with zero attached hydrogens (tertiary/aromatic N) is 4. The number of fused-ring (bicyclic) bond motifs is 1. The first-order valence-electron chi connectivity index (χ1n) is 5.78. The first kappa shape index (κ1) is 10.7. The molecule has 0 aliphatic heterocycles. The van der Waals surface area contributed by atoms with Crippen LogP contribution < -0.4 is 0 Å².